The molecular formula is C15H30N2O. The maximum absolute atomic E-state index is 5.98. The molecule has 1 aliphatic carbocycles. The standard InChI is InChI=1S/C15H30N2O/c1-17(12-15-8-5-9-18-15)14(11-16)10-13-6-3-2-4-7-13/h13-15H,2-12,16H2,1H3. The Morgan fingerprint density at radius 1 is 1.17 bits per heavy atom. The third-order valence-electron chi connectivity index (χ3n) is 4.74. The molecule has 0 radical (unpaired) electrons. The van der Waals surface area contributed by atoms with E-state index in [2.05, 4.69) is 11.9 Å². The van der Waals surface area contributed by atoms with Crippen molar-refractivity contribution in [1.29, 1.82) is 0 Å². The summed E-state index contributed by atoms with van der Waals surface area (Å²) in [6.45, 7) is 2.81. The molecule has 2 aliphatic rings. The number of hydrogen-bond acceptors (Lipinski definition) is 3. The fraction of sp³-hybridized carbons (Fsp3) is 1.00. The quantitative estimate of drug-likeness (QED) is 0.791. The van der Waals surface area contributed by atoms with Crippen LogP contribution in [0, 0.1) is 5.92 Å². The maximum Gasteiger partial charge on any atom is 0.0702 e. The van der Waals surface area contributed by atoms with Crippen molar-refractivity contribution in [3.05, 3.63) is 0 Å². The van der Waals surface area contributed by atoms with Gasteiger partial charge < -0.3 is 10.5 Å². The van der Waals surface area contributed by atoms with Gasteiger partial charge in [-0.15, -0.1) is 0 Å². The number of nitrogens with two attached hydrogens (primary N) is 1. The molecule has 3 heteroatoms. The molecule has 2 rings (SSSR count). The number of hydrogen-bond donors (Lipinski definition) is 1. The van der Waals surface area contributed by atoms with Gasteiger partial charge in [0, 0.05) is 25.7 Å². The monoisotopic (exact) mass is 254 g/mol. The molecule has 2 N–H and O–H groups in total. The third kappa shape index (κ3) is 4.22. The first-order valence-corrected chi connectivity index (χ1v) is 7.81. The Labute approximate surface area is 112 Å². The first-order chi connectivity index (χ1) is 8.79. The summed E-state index contributed by atoms with van der Waals surface area (Å²) in [6.07, 6.45) is 11.3. The molecule has 2 fully saturated rings. The Morgan fingerprint density at radius 3 is 2.56 bits per heavy atom. The lowest BCUT2D eigenvalue weighted by atomic mass is 9.84. The van der Waals surface area contributed by atoms with Gasteiger partial charge in [0.25, 0.3) is 0 Å². The SMILES string of the molecule is CN(CC1CCCO1)C(CN)CC1CCCCC1. The Hall–Kier alpha value is -0.120. The molecule has 3 nitrogen and oxygen atoms in total. The van der Waals surface area contributed by atoms with Gasteiger partial charge in [0.2, 0.25) is 0 Å². The van der Waals surface area contributed by atoms with Crippen molar-refractivity contribution in [3.63, 3.8) is 0 Å². The van der Waals surface area contributed by atoms with Gasteiger partial charge in [0.15, 0.2) is 0 Å². The van der Waals surface area contributed by atoms with E-state index in [1.807, 2.05) is 0 Å². The van der Waals surface area contributed by atoms with Crippen LogP contribution in [0.4, 0.5) is 0 Å². The van der Waals surface area contributed by atoms with Crippen LogP contribution in [0.25, 0.3) is 0 Å². The van der Waals surface area contributed by atoms with E-state index >= 15 is 0 Å². The highest BCUT2D eigenvalue weighted by atomic mass is 16.5. The second-order valence-electron chi connectivity index (χ2n) is 6.20. The van der Waals surface area contributed by atoms with E-state index in [-0.39, 0.29) is 0 Å². The van der Waals surface area contributed by atoms with Crippen LogP contribution in [0.1, 0.15) is 51.4 Å². The van der Waals surface area contributed by atoms with Crippen molar-refractivity contribution in [1.82, 2.24) is 4.90 Å². The van der Waals surface area contributed by atoms with Crippen molar-refractivity contribution in [3.8, 4) is 0 Å². The van der Waals surface area contributed by atoms with Gasteiger partial charge in [-0.2, -0.15) is 0 Å². The zero-order valence-corrected chi connectivity index (χ0v) is 11.9. The summed E-state index contributed by atoms with van der Waals surface area (Å²) in [5.41, 5.74) is 5.98. The maximum atomic E-state index is 5.98. The topological polar surface area (TPSA) is 38.5 Å². The fourth-order valence-electron chi connectivity index (χ4n) is 3.52. The molecular weight excluding hydrogens is 224 g/mol. The van der Waals surface area contributed by atoms with Gasteiger partial charge in [-0.05, 0) is 32.2 Å². The van der Waals surface area contributed by atoms with Gasteiger partial charge in [-0.25, -0.2) is 0 Å². The van der Waals surface area contributed by atoms with Crippen LogP contribution >= 0.6 is 0 Å². The molecule has 0 aromatic heterocycles. The minimum absolute atomic E-state index is 0.454. The first kappa shape index (κ1) is 14.3. The lowest BCUT2D eigenvalue weighted by Gasteiger charge is -2.33. The summed E-state index contributed by atoms with van der Waals surface area (Å²) in [5, 5.41) is 0. The lowest BCUT2D eigenvalue weighted by Crippen LogP contribution is -2.43. The normalized spacial score (nSPS) is 27.8. The second kappa shape index (κ2) is 7.46. The number of nitrogens with zero attached hydrogens (tertiary/aromatic N) is 1. The van der Waals surface area contributed by atoms with Gasteiger partial charge in [0.05, 0.1) is 6.10 Å². The number of rotatable bonds is 6. The van der Waals surface area contributed by atoms with E-state index in [4.69, 9.17) is 10.5 Å². The largest absolute Gasteiger partial charge is 0.377 e. The molecule has 0 amide bonds. The number of likely N-dealkylation sites (N-methyl/N-ethyl adjacent to an activating group) is 1. The fourth-order valence-corrected chi connectivity index (χ4v) is 3.52. The Bertz CT molecular complexity index is 223. The van der Waals surface area contributed by atoms with Crippen molar-refractivity contribution in [2.45, 2.75) is 63.5 Å². The molecule has 0 aromatic rings. The van der Waals surface area contributed by atoms with Crippen LogP contribution < -0.4 is 5.73 Å². The molecule has 0 spiro atoms. The van der Waals surface area contributed by atoms with Crippen molar-refractivity contribution in [2.24, 2.45) is 11.7 Å². The Morgan fingerprint density at radius 2 is 1.94 bits per heavy atom. The first-order valence-electron chi connectivity index (χ1n) is 7.81. The van der Waals surface area contributed by atoms with Crippen molar-refractivity contribution < 1.29 is 4.74 Å². The minimum atomic E-state index is 0.454. The molecule has 1 heterocycles. The van der Waals surface area contributed by atoms with Crippen LogP contribution in [0.15, 0.2) is 0 Å². The minimum Gasteiger partial charge on any atom is -0.377 e. The molecule has 106 valence electrons. The van der Waals surface area contributed by atoms with E-state index in [1.54, 1.807) is 0 Å². The molecule has 0 bridgehead atoms. The van der Waals surface area contributed by atoms with Gasteiger partial charge in [-0.3, -0.25) is 4.90 Å². The summed E-state index contributed by atoms with van der Waals surface area (Å²) in [5.74, 6) is 0.916. The molecule has 18 heavy (non-hydrogen) atoms. The van der Waals surface area contributed by atoms with Crippen LogP contribution in [0.5, 0.6) is 0 Å². The Kier molecular flexibility index (Phi) is 5.93. The summed E-state index contributed by atoms with van der Waals surface area (Å²) in [7, 11) is 2.22. The molecule has 1 saturated carbocycles. The molecule has 2 atom stereocenters. The van der Waals surface area contributed by atoms with Gasteiger partial charge in [-0.1, -0.05) is 32.1 Å². The predicted molar refractivity (Wildman–Crippen MR) is 75.6 cm³/mol. The summed E-state index contributed by atoms with van der Waals surface area (Å²) in [6, 6.07) is 0.553. The van der Waals surface area contributed by atoms with E-state index in [0.29, 0.717) is 12.1 Å². The average molecular weight is 254 g/mol. The van der Waals surface area contributed by atoms with Crippen LogP contribution in [-0.2, 0) is 4.74 Å². The highest BCUT2D eigenvalue weighted by molar-refractivity contribution is 4.79. The van der Waals surface area contributed by atoms with Crippen LogP contribution in [-0.4, -0.2) is 43.8 Å². The molecule has 1 saturated heterocycles. The van der Waals surface area contributed by atoms with E-state index in [9.17, 15) is 0 Å². The zero-order valence-electron chi connectivity index (χ0n) is 11.9. The van der Waals surface area contributed by atoms with Crippen LogP contribution in [0.3, 0.4) is 0 Å². The summed E-state index contributed by atoms with van der Waals surface area (Å²) in [4.78, 5) is 2.45. The Balaban J connectivity index is 1.74. The summed E-state index contributed by atoms with van der Waals surface area (Å²) < 4.78 is 5.73. The van der Waals surface area contributed by atoms with Gasteiger partial charge >= 0.3 is 0 Å². The van der Waals surface area contributed by atoms with Crippen molar-refractivity contribution in [2.75, 3.05) is 26.7 Å². The van der Waals surface area contributed by atoms with Gasteiger partial charge in [0.1, 0.15) is 0 Å². The number of ether oxygens (including phenoxy) is 1. The van der Waals surface area contributed by atoms with E-state index < -0.39 is 0 Å². The zero-order chi connectivity index (χ0) is 12.8. The summed E-state index contributed by atoms with van der Waals surface area (Å²) >= 11 is 0. The molecule has 0 aromatic carbocycles. The predicted octanol–water partition coefficient (Wildman–Crippen LogP) is 2.39. The highest BCUT2D eigenvalue weighted by Gasteiger charge is 2.24. The van der Waals surface area contributed by atoms with Crippen LogP contribution in [0.2, 0.25) is 0 Å². The van der Waals surface area contributed by atoms with Crippen molar-refractivity contribution >= 4 is 0 Å². The molecule has 2 unspecified atom stereocenters. The smallest absolute Gasteiger partial charge is 0.0702 e. The van der Waals surface area contributed by atoms with E-state index in [1.165, 1.54) is 51.4 Å². The van der Waals surface area contributed by atoms with E-state index in [0.717, 1.165) is 25.6 Å². The second-order valence-corrected chi connectivity index (χ2v) is 6.20. The lowest BCUT2D eigenvalue weighted by molar-refractivity contribution is 0.0634. The average Bonchev–Trinajstić information content (AvgIpc) is 2.90. The molecule has 1 aliphatic heterocycles. The highest BCUT2D eigenvalue weighted by Crippen LogP contribution is 2.28. The third-order valence-corrected chi connectivity index (χ3v) is 4.74.